The van der Waals surface area contributed by atoms with Gasteiger partial charge in [0.2, 0.25) is 0 Å². The van der Waals surface area contributed by atoms with Crippen LogP contribution < -0.4 is 11.1 Å². The molecule has 96 valence electrons. The van der Waals surface area contributed by atoms with Gasteiger partial charge in [-0.1, -0.05) is 13.8 Å². The molecule has 0 bridgehead atoms. The summed E-state index contributed by atoms with van der Waals surface area (Å²) in [6.07, 6.45) is 2.82. The average molecular weight is 239 g/mol. The maximum atomic E-state index is 11.9. The van der Waals surface area contributed by atoms with Gasteiger partial charge in [-0.05, 0) is 18.9 Å². The maximum absolute atomic E-state index is 11.9. The fourth-order valence-corrected chi connectivity index (χ4v) is 1.59. The molecule has 0 aliphatic carbocycles. The summed E-state index contributed by atoms with van der Waals surface area (Å²) in [6.45, 7) is 4.94. The van der Waals surface area contributed by atoms with Gasteiger partial charge in [0, 0.05) is 19.3 Å². The van der Waals surface area contributed by atoms with Crippen molar-refractivity contribution >= 4 is 11.6 Å². The molecule has 0 aliphatic heterocycles. The number of aliphatic hydroxyl groups excluding tert-OH is 1. The largest absolute Gasteiger partial charge is 0.397 e. The summed E-state index contributed by atoms with van der Waals surface area (Å²) in [5, 5.41) is 12.1. The minimum absolute atomic E-state index is 0.192. The number of hydrogen-bond acceptors (Lipinski definition) is 3. The Bertz CT molecular complexity index is 374. The third-order valence-corrected chi connectivity index (χ3v) is 2.58. The average Bonchev–Trinajstić information content (AvgIpc) is 2.67. The summed E-state index contributed by atoms with van der Waals surface area (Å²) in [5.41, 5.74) is 6.81. The highest BCUT2D eigenvalue weighted by atomic mass is 16.3. The minimum atomic E-state index is -0.495. The van der Waals surface area contributed by atoms with Gasteiger partial charge in [-0.2, -0.15) is 0 Å². The summed E-state index contributed by atoms with van der Waals surface area (Å²) in [4.78, 5) is 11.9. The molecule has 0 aliphatic rings. The van der Waals surface area contributed by atoms with Crippen LogP contribution in [0.25, 0.3) is 0 Å². The van der Waals surface area contributed by atoms with Gasteiger partial charge in [-0.15, -0.1) is 0 Å². The lowest BCUT2D eigenvalue weighted by Crippen LogP contribution is -2.32. The van der Waals surface area contributed by atoms with E-state index in [1.807, 2.05) is 18.4 Å². The van der Waals surface area contributed by atoms with E-state index in [2.05, 4.69) is 5.32 Å². The predicted octanol–water partition coefficient (Wildman–Crippen LogP) is 0.981. The van der Waals surface area contributed by atoms with Crippen LogP contribution in [0.15, 0.2) is 12.3 Å². The van der Waals surface area contributed by atoms with E-state index in [-0.39, 0.29) is 12.5 Å². The fraction of sp³-hybridized carbons (Fsp3) is 0.583. The SMILES string of the molecule is CCCn1cc(N)cc1C(=O)NCC(O)CC. The van der Waals surface area contributed by atoms with E-state index in [0.717, 1.165) is 13.0 Å². The number of hydrogen-bond donors (Lipinski definition) is 3. The van der Waals surface area contributed by atoms with Gasteiger partial charge >= 0.3 is 0 Å². The molecule has 1 rings (SSSR count). The highest BCUT2D eigenvalue weighted by Gasteiger charge is 2.13. The molecule has 0 fully saturated rings. The Kier molecular flexibility index (Phi) is 5.03. The second-order valence-corrected chi connectivity index (χ2v) is 4.12. The molecule has 5 nitrogen and oxygen atoms in total. The first-order valence-corrected chi connectivity index (χ1v) is 6.00. The second-order valence-electron chi connectivity index (χ2n) is 4.12. The van der Waals surface area contributed by atoms with Gasteiger partial charge in [-0.25, -0.2) is 0 Å². The predicted molar refractivity (Wildman–Crippen MR) is 67.8 cm³/mol. The number of carbonyl (C=O) groups excluding carboxylic acids is 1. The third kappa shape index (κ3) is 3.78. The van der Waals surface area contributed by atoms with Crippen molar-refractivity contribution in [3.8, 4) is 0 Å². The quantitative estimate of drug-likeness (QED) is 0.692. The third-order valence-electron chi connectivity index (χ3n) is 2.58. The van der Waals surface area contributed by atoms with Crippen LogP contribution in [0.4, 0.5) is 5.69 Å². The number of nitrogens with two attached hydrogens (primary N) is 1. The van der Waals surface area contributed by atoms with Gasteiger partial charge in [0.15, 0.2) is 0 Å². The molecule has 0 saturated carbocycles. The monoisotopic (exact) mass is 239 g/mol. The fourth-order valence-electron chi connectivity index (χ4n) is 1.59. The summed E-state index contributed by atoms with van der Waals surface area (Å²) < 4.78 is 1.84. The summed E-state index contributed by atoms with van der Waals surface area (Å²) in [7, 11) is 0. The Balaban J connectivity index is 2.67. The molecule has 0 aromatic carbocycles. The van der Waals surface area contributed by atoms with E-state index >= 15 is 0 Å². The number of nitrogens with one attached hydrogen (secondary N) is 1. The van der Waals surface area contributed by atoms with Crippen LogP contribution in [-0.4, -0.2) is 28.2 Å². The zero-order valence-corrected chi connectivity index (χ0v) is 10.4. The Hall–Kier alpha value is -1.49. The Labute approximate surface area is 102 Å². The van der Waals surface area contributed by atoms with Crippen molar-refractivity contribution < 1.29 is 9.90 Å². The van der Waals surface area contributed by atoms with E-state index in [4.69, 9.17) is 5.73 Å². The number of rotatable bonds is 6. The number of carbonyl (C=O) groups is 1. The maximum Gasteiger partial charge on any atom is 0.268 e. The zero-order chi connectivity index (χ0) is 12.8. The molecule has 17 heavy (non-hydrogen) atoms. The molecule has 1 aromatic heterocycles. The Morgan fingerprint density at radius 1 is 1.59 bits per heavy atom. The molecule has 1 heterocycles. The first kappa shape index (κ1) is 13.6. The smallest absolute Gasteiger partial charge is 0.268 e. The van der Waals surface area contributed by atoms with Crippen molar-refractivity contribution in [2.75, 3.05) is 12.3 Å². The topological polar surface area (TPSA) is 80.3 Å². The van der Waals surface area contributed by atoms with Crippen molar-refractivity contribution in [1.29, 1.82) is 0 Å². The van der Waals surface area contributed by atoms with Crippen LogP contribution in [0.5, 0.6) is 0 Å². The summed E-state index contributed by atoms with van der Waals surface area (Å²) in [6, 6.07) is 1.66. The van der Waals surface area contributed by atoms with Crippen molar-refractivity contribution in [3.63, 3.8) is 0 Å². The van der Waals surface area contributed by atoms with Gasteiger partial charge in [0.25, 0.3) is 5.91 Å². The van der Waals surface area contributed by atoms with Gasteiger partial charge < -0.3 is 20.7 Å². The van der Waals surface area contributed by atoms with Crippen molar-refractivity contribution in [3.05, 3.63) is 18.0 Å². The highest BCUT2D eigenvalue weighted by Crippen LogP contribution is 2.11. The normalized spacial score (nSPS) is 12.4. The molecule has 1 amide bonds. The number of aliphatic hydroxyl groups is 1. The molecule has 0 radical (unpaired) electrons. The molecule has 4 N–H and O–H groups in total. The first-order chi connectivity index (χ1) is 8.08. The van der Waals surface area contributed by atoms with E-state index in [0.29, 0.717) is 17.8 Å². The Morgan fingerprint density at radius 2 is 2.29 bits per heavy atom. The molecule has 5 heteroatoms. The number of aromatic nitrogens is 1. The standard InChI is InChI=1S/C12H21N3O2/c1-3-5-15-8-9(13)6-11(15)12(17)14-7-10(16)4-2/h6,8,10,16H,3-5,7,13H2,1-2H3,(H,14,17). The van der Waals surface area contributed by atoms with Crippen LogP contribution in [0.3, 0.4) is 0 Å². The van der Waals surface area contributed by atoms with Crippen LogP contribution >= 0.6 is 0 Å². The van der Waals surface area contributed by atoms with E-state index in [1.165, 1.54) is 0 Å². The Morgan fingerprint density at radius 3 is 2.88 bits per heavy atom. The van der Waals surface area contributed by atoms with Crippen molar-refractivity contribution in [1.82, 2.24) is 9.88 Å². The number of anilines is 1. The lowest BCUT2D eigenvalue weighted by atomic mass is 10.2. The van der Waals surface area contributed by atoms with Gasteiger partial charge in [0.1, 0.15) is 5.69 Å². The highest BCUT2D eigenvalue weighted by molar-refractivity contribution is 5.93. The summed E-state index contributed by atoms with van der Waals surface area (Å²) >= 11 is 0. The minimum Gasteiger partial charge on any atom is -0.397 e. The van der Waals surface area contributed by atoms with Crippen LogP contribution in [0.1, 0.15) is 37.2 Å². The zero-order valence-electron chi connectivity index (χ0n) is 10.4. The van der Waals surface area contributed by atoms with Gasteiger partial charge in [0.05, 0.1) is 11.8 Å². The number of nitrogen functional groups attached to an aromatic ring is 1. The van der Waals surface area contributed by atoms with Crippen LogP contribution in [0.2, 0.25) is 0 Å². The molecule has 1 atom stereocenters. The first-order valence-electron chi connectivity index (χ1n) is 6.00. The summed E-state index contributed by atoms with van der Waals surface area (Å²) in [5.74, 6) is -0.192. The molecular weight excluding hydrogens is 218 g/mol. The number of nitrogens with zero attached hydrogens (tertiary/aromatic N) is 1. The van der Waals surface area contributed by atoms with Crippen LogP contribution in [0, 0.1) is 0 Å². The molecular formula is C12H21N3O2. The number of aryl methyl sites for hydroxylation is 1. The second kappa shape index (κ2) is 6.30. The number of amides is 1. The molecule has 1 unspecified atom stereocenters. The van der Waals surface area contributed by atoms with Crippen molar-refractivity contribution in [2.24, 2.45) is 0 Å². The van der Waals surface area contributed by atoms with Gasteiger partial charge in [-0.3, -0.25) is 4.79 Å². The lowest BCUT2D eigenvalue weighted by Gasteiger charge is -2.11. The van der Waals surface area contributed by atoms with E-state index in [1.54, 1.807) is 12.3 Å². The van der Waals surface area contributed by atoms with Crippen LogP contribution in [-0.2, 0) is 6.54 Å². The van der Waals surface area contributed by atoms with E-state index in [9.17, 15) is 9.90 Å². The van der Waals surface area contributed by atoms with E-state index < -0.39 is 6.10 Å². The molecule has 1 aromatic rings. The molecule has 0 saturated heterocycles. The molecule has 0 spiro atoms. The van der Waals surface area contributed by atoms with Crippen molar-refractivity contribution in [2.45, 2.75) is 39.3 Å². The lowest BCUT2D eigenvalue weighted by molar-refractivity contribution is 0.0904.